The van der Waals surface area contributed by atoms with E-state index in [0.717, 1.165) is 12.8 Å². The zero-order chi connectivity index (χ0) is 15.9. The molecule has 5 heteroatoms. The second-order valence-electron chi connectivity index (χ2n) is 6.37. The molecule has 22 heavy (non-hydrogen) atoms. The maximum absolute atomic E-state index is 12.3. The Morgan fingerprint density at radius 1 is 1.23 bits per heavy atom. The second kappa shape index (κ2) is 7.98. The minimum Gasteiger partial charge on any atom is -0.352 e. The molecule has 1 saturated carbocycles. The normalized spacial score (nSPS) is 20.7. The third kappa shape index (κ3) is 4.59. The summed E-state index contributed by atoms with van der Waals surface area (Å²) in [4.78, 5) is 25.6. The van der Waals surface area contributed by atoms with Crippen LogP contribution >= 0.6 is 0 Å². The van der Waals surface area contributed by atoms with Crippen molar-refractivity contribution in [3.63, 3.8) is 0 Å². The number of hydrogen-bond donors (Lipinski definition) is 1. The quantitative estimate of drug-likeness (QED) is 0.809. The van der Waals surface area contributed by atoms with E-state index in [1.807, 2.05) is 17.0 Å². The summed E-state index contributed by atoms with van der Waals surface area (Å²) in [5.74, 6) is 0.474. The zero-order valence-electron chi connectivity index (χ0n) is 13.3. The molecule has 0 unspecified atom stereocenters. The highest BCUT2D eigenvalue weighted by molar-refractivity contribution is 5.88. The predicted molar refractivity (Wildman–Crippen MR) is 83.7 cm³/mol. The number of likely N-dealkylation sites (tertiary alicyclic amines) is 1. The first-order valence-electron chi connectivity index (χ1n) is 8.23. The topological polar surface area (TPSA) is 73.2 Å². The fourth-order valence-corrected chi connectivity index (χ4v) is 3.38. The van der Waals surface area contributed by atoms with Crippen molar-refractivity contribution in [3.05, 3.63) is 11.6 Å². The van der Waals surface area contributed by atoms with Crippen LogP contribution in [0, 0.1) is 17.2 Å². The first kappa shape index (κ1) is 16.5. The van der Waals surface area contributed by atoms with Gasteiger partial charge in [0.05, 0.1) is 6.07 Å². The summed E-state index contributed by atoms with van der Waals surface area (Å²) in [6, 6.07) is 1.94. The fourth-order valence-electron chi connectivity index (χ4n) is 3.38. The number of rotatable bonds is 4. The van der Waals surface area contributed by atoms with Gasteiger partial charge in [-0.3, -0.25) is 9.59 Å². The third-order valence-electron chi connectivity index (χ3n) is 4.76. The summed E-state index contributed by atoms with van der Waals surface area (Å²) in [5, 5.41) is 11.3. The molecule has 0 aromatic heterocycles. The number of allylic oxidation sites excluding steroid dienone is 1. The van der Waals surface area contributed by atoms with Gasteiger partial charge in [-0.25, -0.2) is 0 Å². The van der Waals surface area contributed by atoms with Gasteiger partial charge in [0, 0.05) is 25.2 Å². The van der Waals surface area contributed by atoms with Gasteiger partial charge in [0.15, 0.2) is 0 Å². The molecule has 0 spiro atoms. The van der Waals surface area contributed by atoms with E-state index in [-0.39, 0.29) is 24.3 Å². The molecule has 2 fully saturated rings. The molecule has 2 rings (SSSR count). The molecule has 2 amide bonds. The minimum atomic E-state index is -0.218. The molecular weight excluding hydrogens is 278 g/mol. The van der Waals surface area contributed by atoms with Crippen LogP contribution in [0.5, 0.6) is 0 Å². The van der Waals surface area contributed by atoms with Crippen molar-refractivity contribution < 1.29 is 9.59 Å². The van der Waals surface area contributed by atoms with Crippen molar-refractivity contribution in [2.45, 2.75) is 57.9 Å². The Morgan fingerprint density at radius 2 is 1.86 bits per heavy atom. The molecule has 0 atom stereocenters. The number of amides is 2. The van der Waals surface area contributed by atoms with Crippen LogP contribution in [0.25, 0.3) is 0 Å². The third-order valence-corrected chi connectivity index (χ3v) is 4.76. The van der Waals surface area contributed by atoms with Crippen molar-refractivity contribution in [1.82, 2.24) is 10.2 Å². The Labute approximate surface area is 132 Å². The van der Waals surface area contributed by atoms with E-state index in [9.17, 15) is 9.59 Å². The van der Waals surface area contributed by atoms with Gasteiger partial charge in [-0.1, -0.05) is 18.4 Å². The average Bonchev–Trinajstić information content (AvgIpc) is 3.02. The van der Waals surface area contributed by atoms with E-state index >= 15 is 0 Å². The predicted octanol–water partition coefficient (Wildman–Crippen LogP) is 2.14. The van der Waals surface area contributed by atoms with Crippen molar-refractivity contribution in [2.75, 3.05) is 13.1 Å². The van der Waals surface area contributed by atoms with Crippen LogP contribution in [-0.2, 0) is 9.59 Å². The molecule has 0 bridgehead atoms. The number of nitriles is 1. The van der Waals surface area contributed by atoms with Crippen LogP contribution in [0.3, 0.4) is 0 Å². The summed E-state index contributed by atoms with van der Waals surface area (Å²) < 4.78 is 0. The molecule has 1 aliphatic carbocycles. The summed E-state index contributed by atoms with van der Waals surface area (Å²) in [5.41, 5.74) is 1.21. The average molecular weight is 303 g/mol. The van der Waals surface area contributed by atoms with E-state index in [2.05, 4.69) is 12.2 Å². The smallest absolute Gasteiger partial charge is 0.246 e. The van der Waals surface area contributed by atoms with Gasteiger partial charge in [-0.15, -0.1) is 0 Å². The number of nitrogens with zero attached hydrogens (tertiary/aromatic N) is 2. The SMILES string of the molecule is C/C(=C\C(=O)N1CCC(NC(=O)CC#N)CC1)C1CCCC1. The Kier molecular flexibility index (Phi) is 6.00. The molecular formula is C17H25N3O2. The number of nitrogens with one attached hydrogen (secondary N) is 1. The van der Waals surface area contributed by atoms with Crippen LogP contribution < -0.4 is 5.32 Å². The maximum atomic E-state index is 12.3. The highest BCUT2D eigenvalue weighted by atomic mass is 16.2. The fraction of sp³-hybridized carbons (Fsp3) is 0.706. The number of piperidine rings is 1. The van der Waals surface area contributed by atoms with Crippen LogP contribution in [0.2, 0.25) is 0 Å². The Balaban J connectivity index is 1.78. The van der Waals surface area contributed by atoms with Crippen LogP contribution in [0.4, 0.5) is 0 Å². The van der Waals surface area contributed by atoms with E-state index in [4.69, 9.17) is 5.26 Å². The lowest BCUT2D eigenvalue weighted by Crippen LogP contribution is -2.46. The van der Waals surface area contributed by atoms with E-state index in [1.54, 1.807) is 0 Å². The molecule has 1 aliphatic heterocycles. The summed E-state index contributed by atoms with van der Waals surface area (Å²) >= 11 is 0. The standard InChI is InChI=1S/C17H25N3O2/c1-13(14-4-2-3-5-14)12-17(22)20-10-7-15(8-11-20)19-16(21)6-9-18/h12,14-15H,2-8,10-11H2,1H3,(H,19,21)/b13-12+. The molecule has 1 saturated heterocycles. The Bertz CT molecular complexity index is 479. The van der Waals surface area contributed by atoms with Gasteiger partial charge >= 0.3 is 0 Å². The summed E-state index contributed by atoms with van der Waals surface area (Å²) in [6.07, 6.45) is 8.21. The highest BCUT2D eigenvalue weighted by Gasteiger charge is 2.24. The number of carbonyl (C=O) groups is 2. The second-order valence-corrected chi connectivity index (χ2v) is 6.37. The summed E-state index contributed by atoms with van der Waals surface area (Å²) in [7, 11) is 0. The van der Waals surface area contributed by atoms with Gasteiger partial charge in [0.2, 0.25) is 11.8 Å². The Morgan fingerprint density at radius 3 is 2.45 bits per heavy atom. The van der Waals surface area contributed by atoms with E-state index in [0.29, 0.717) is 19.0 Å². The van der Waals surface area contributed by atoms with E-state index in [1.165, 1.54) is 31.3 Å². The molecule has 2 aliphatic rings. The van der Waals surface area contributed by atoms with Gasteiger partial charge in [-0.05, 0) is 38.5 Å². The van der Waals surface area contributed by atoms with Gasteiger partial charge in [0.1, 0.15) is 6.42 Å². The molecule has 1 heterocycles. The number of hydrogen-bond acceptors (Lipinski definition) is 3. The van der Waals surface area contributed by atoms with Gasteiger partial charge in [0.25, 0.3) is 0 Å². The van der Waals surface area contributed by atoms with Crippen molar-refractivity contribution >= 4 is 11.8 Å². The van der Waals surface area contributed by atoms with Crippen LogP contribution in [0.15, 0.2) is 11.6 Å². The number of carbonyl (C=O) groups excluding carboxylic acids is 2. The molecule has 5 nitrogen and oxygen atoms in total. The van der Waals surface area contributed by atoms with E-state index < -0.39 is 0 Å². The maximum Gasteiger partial charge on any atom is 0.246 e. The molecule has 0 aromatic carbocycles. The largest absolute Gasteiger partial charge is 0.352 e. The monoisotopic (exact) mass is 303 g/mol. The van der Waals surface area contributed by atoms with Crippen molar-refractivity contribution in [1.29, 1.82) is 5.26 Å². The minimum absolute atomic E-state index is 0.0878. The highest BCUT2D eigenvalue weighted by Crippen LogP contribution is 2.30. The van der Waals surface area contributed by atoms with Crippen LogP contribution in [-0.4, -0.2) is 35.8 Å². The lowest BCUT2D eigenvalue weighted by Gasteiger charge is -2.32. The molecule has 0 radical (unpaired) electrons. The lowest BCUT2D eigenvalue weighted by molar-refractivity contribution is -0.127. The lowest BCUT2D eigenvalue weighted by atomic mass is 9.98. The first-order chi connectivity index (χ1) is 10.6. The van der Waals surface area contributed by atoms with Crippen molar-refractivity contribution in [3.8, 4) is 6.07 Å². The molecule has 1 N–H and O–H groups in total. The molecule has 120 valence electrons. The summed E-state index contributed by atoms with van der Waals surface area (Å²) in [6.45, 7) is 3.41. The Hall–Kier alpha value is -1.83. The zero-order valence-corrected chi connectivity index (χ0v) is 13.3. The molecule has 0 aromatic rings. The van der Waals surface area contributed by atoms with Crippen LogP contribution in [0.1, 0.15) is 51.9 Å². The van der Waals surface area contributed by atoms with Gasteiger partial charge in [-0.2, -0.15) is 5.26 Å². The van der Waals surface area contributed by atoms with Crippen molar-refractivity contribution in [2.24, 2.45) is 5.92 Å². The first-order valence-corrected chi connectivity index (χ1v) is 8.23. The van der Waals surface area contributed by atoms with Gasteiger partial charge < -0.3 is 10.2 Å².